The van der Waals surface area contributed by atoms with Crippen molar-refractivity contribution in [2.45, 2.75) is 39.1 Å². The quantitative estimate of drug-likeness (QED) is 0.596. The van der Waals surface area contributed by atoms with Crippen molar-refractivity contribution in [2.24, 2.45) is 0 Å². The highest BCUT2D eigenvalue weighted by molar-refractivity contribution is 5.87. The van der Waals surface area contributed by atoms with Crippen LogP contribution in [-0.4, -0.2) is 38.2 Å². The molecule has 0 bridgehead atoms. The molecule has 5 nitrogen and oxygen atoms in total. The highest BCUT2D eigenvalue weighted by atomic mass is 16.7. The van der Waals surface area contributed by atoms with E-state index in [1.54, 1.807) is 20.1 Å². The van der Waals surface area contributed by atoms with Crippen molar-refractivity contribution in [2.75, 3.05) is 20.3 Å². The molecule has 1 aromatic carbocycles. The van der Waals surface area contributed by atoms with E-state index in [1.807, 2.05) is 32.0 Å². The van der Waals surface area contributed by atoms with Gasteiger partial charge in [0.15, 0.2) is 5.79 Å². The lowest BCUT2D eigenvalue weighted by Crippen LogP contribution is -2.22. The minimum atomic E-state index is -0.562. The zero-order chi connectivity index (χ0) is 16.9. The van der Waals surface area contributed by atoms with Crippen LogP contribution in [0.15, 0.2) is 24.3 Å². The van der Waals surface area contributed by atoms with Gasteiger partial charge in [0.1, 0.15) is 5.75 Å². The Morgan fingerprint density at radius 2 is 2.22 bits per heavy atom. The van der Waals surface area contributed by atoms with Gasteiger partial charge in [-0.2, -0.15) is 0 Å². The van der Waals surface area contributed by atoms with E-state index in [-0.39, 0.29) is 12.1 Å². The van der Waals surface area contributed by atoms with Crippen molar-refractivity contribution in [3.05, 3.63) is 35.4 Å². The summed E-state index contributed by atoms with van der Waals surface area (Å²) >= 11 is 0. The molecule has 0 saturated carbocycles. The average Bonchev–Trinajstić information content (AvgIpc) is 2.85. The first-order chi connectivity index (χ1) is 10.9. The zero-order valence-electron chi connectivity index (χ0n) is 14.1. The highest BCUT2D eigenvalue weighted by Crippen LogP contribution is 2.30. The molecular weight excluding hydrogens is 296 g/mol. The summed E-state index contributed by atoms with van der Waals surface area (Å²) in [5, 5.41) is 0. The number of rotatable bonds is 6. The van der Waals surface area contributed by atoms with Crippen LogP contribution in [0.1, 0.15) is 31.9 Å². The molecule has 126 valence electrons. The Morgan fingerprint density at radius 3 is 2.83 bits per heavy atom. The predicted molar refractivity (Wildman–Crippen MR) is 87.3 cm³/mol. The Kier molecular flexibility index (Phi) is 5.80. The monoisotopic (exact) mass is 320 g/mol. The number of esters is 1. The second-order valence-electron chi connectivity index (χ2n) is 5.77. The average molecular weight is 320 g/mol. The highest BCUT2D eigenvalue weighted by Gasteiger charge is 2.33. The number of carbonyl (C=O) groups is 1. The van der Waals surface area contributed by atoms with E-state index in [4.69, 9.17) is 18.9 Å². The molecule has 0 N–H and O–H groups in total. The Labute approximate surface area is 137 Å². The standard InChI is InChI=1S/C18H24O5/c1-5-21-17(19)10-9-13-7-6-8-16(20-4)15(13)11-14-12-22-18(2,3)23-14/h6-10,14H,5,11-12H2,1-4H3. The summed E-state index contributed by atoms with van der Waals surface area (Å²) in [7, 11) is 1.63. The molecule has 23 heavy (non-hydrogen) atoms. The molecule has 0 aromatic heterocycles. The third-order valence-electron chi connectivity index (χ3n) is 3.57. The summed E-state index contributed by atoms with van der Waals surface area (Å²) in [6, 6.07) is 5.73. The topological polar surface area (TPSA) is 54.0 Å². The van der Waals surface area contributed by atoms with Crippen LogP contribution in [0.5, 0.6) is 5.75 Å². The predicted octanol–water partition coefficient (Wildman–Crippen LogP) is 2.97. The van der Waals surface area contributed by atoms with Crippen LogP contribution in [0, 0.1) is 0 Å². The molecule has 1 aliphatic heterocycles. The van der Waals surface area contributed by atoms with Gasteiger partial charge in [0.05, 0.1) is 26.4 Å². The molecule has 0 aliphatic carbocycles. The minimum Gasteiger partial charge on any atom is -0.496 e. The number of ether oxygens (including phenoxy) is 4. The van der Waals surface area contributed by atoms with Crippen molar-refractivity contribution in [1.29, 1.82) is 0 Å². The van der Waals surface area contributed by atoms with Gasteiger partial charge in [-0.3, -0.25) is 0 Å². The lowest BCUT2D eigenvalue weighted by molar-refractivity contribution is -0.138. The number of carbonyl (C=O) groups excluding carboxylic acids is 1. The van der Waals surface area contributed by atoms with Crippen molar-refractivity contribution in [3.63, 3.8) is 0 Å². The van der Waals surface area contributed by atoms with Crippen LogP contribution in [0.3, 0.4) is 0 Å². The van der Waals surface area contributed by atoms with Crippen LogP contribution in [-0.2, 0) is 25.4 Å². The van der Waals surface area contributed by atoms with Crippen LogP contribution in [0.25, 0.3) is 6.08 Å². The van der Waals surface area contributed by atoms with Gasteiger partial charge < -0.3 is 18.9 Å². The van der Waals surface area contributed by atoms with E-state index in [2.05, 4.69) is 0 Å². The second-order valence-corrected chi connectivity index (χ2v) is 5.77. The molecular formula is C18H24O5. The first kappa shape index (κ1) is 17.5. The van der Waals surface area contributed by atoms with Gasteiger partial charge in [-0.05, 0) is 38.5 Å². The molecule has 0 amide bonds. The first-order valence-corrected chi connectivity index (χ1v) is 7.77. The van der Waals surface area contributed by atoms with Crippen LogP contribution < -0.4 is 4.74 Å². The Morgan fingerprint density at radius 1 is 1.43 bits per heavy atom. The molecule has 1 aromatic rings. The molecule has 2 rings (SSSR count). The number of hydrogen-bond acceptors (Lipinski definition) is 5. The number of hydrogen-bond donors (Lipinski definition) is 0. The SMILES string of the molecule is CCOC(=O)C=Cc1cccc(OC)c1CC1COC(C)(C)O1. The fraction of sp³-hybridized carbons (Fsp3) is 0.500. The lowest BCUT2D eigenvalue weighted by Gasteiger charge is -2.18. The zero-order valence-corrected chi connectivity index (χ0v) is 14.1. The van der Waals surface area contributed by atoms with Crippen molar-refractivity contribution in [3.8, 4) is 5.75 Å². The van der Waals surface area contributed by atoms with Gasteiger partial charge in [-0.1, -0.05) is 12.1 Å². The first-order valence-electron chi connectivity index (χ1n) is 7.77. The third-order valence-corrected chi connectivity index (χ3v) is 3.57. The maximum Gasteiger partial charge on any atom is 0.330 e. The summed E-state index contributed by atoms with van der Waals surface area (Å²) in [4.78, 5) is 11.5. The Balaban J connectivity index is 2.20. The van der Waals surface area contributed by atoms with Crippen LogP contribution >= 0.6 is 0 Å². The molecule has 1 saturated heterocycles. The summed E-state index contributed by atoms with van der Waals surface area (Å²) < 4.78 is 21.9. The second kappa shape index (κ2) is 7.62. The number of benzene rings is 1. The van der Waals surface area contributed by atoms with Crippen molar-refractivity contribution < 1.29 is 23.7 Å². The lowest BCUT2D eigenvalue weighted by atomic mass is 10.00. The minimum absolute atomic E-state index is 0.0453. The van der Waals surface area contributed by atoms with E-state index in [0.29, 0.717) is 19.6 Å². The van der Waals surface area contributed by atoms with Gasteiger partial charge in [-0.25, -0.2) is 4.79 Å². The van der Waals surface area contributed by atoms with Crippen LogP contribution in [0.2, 0.25) is 0 Å². The molecule has 5 heteroatoms. The molecule has 0 spiro atoms. The Bertz CT molecular complexity index is 577. The summed E-state index contributed by atoms with van der Waals surface area (Å²) in [5.74, 6) is -0.152. The van der Waals surface area contributed by atoms with E-state index in [1.165, 1.54) is 6.08 Å². The van der Waals surface area contributed by atoms with Gasteiger partial charge in [-0.15, -0.1) is 0 Å². The van der Waals surface area contributed by atoms with Crippen molar-refractivity contribution in [1.82, 2.24) is 0 Å². The van der Waals surface area contributed by atoms with E-state index in [9.17, 15) is 4.79 Å². The smallest absolute Gasteiger partial charge is 0.330 e. The van der Waals surface area contributed by atoms with Gasteiger partial charge in [0, 0.05) is 18.1 Å². The van der Waals surface area contributed by atoms with Gasteiger partial charge in [0.25, 0.3) is 0 Å². The third kappa shape index (κ3) is 4.81. The van der Waals surface area contributed by atoms with E-state index >= 15 is 0 Å². The molecule has 1 fully saturated rings. The molecule has 1 unspecified atom stereocenters. The fourth-order valence-corrected chi connectivity index (χ4v) is 2.59. The fourth-order valence-electron chi connectivity index (χ4n) is 2.59. The van der Waals surface area contributed by atoms with Crippen molar-refractivity contribution >= 4 is 12.0 Å². The van der Waals surface area contributed by atoms with E-state index < -0.39 is 5.79 Å². The maximum atomic E-state index is 11.5. The summed E-state index contributed by atoms with van der Waals surface area (Å²) in [6.07, 6.45) is 3.78. The molecule has 1 heterocycles. The summed E-state index contributed by atoms with van der Waals surface area (Å²) in [6.45, 7) is 6.47. The maximum absolute atomic E-state index is 11.5. The molecule has 1 atom stereocenters. The molecule has 0 radical (unpaired) electrons. The normalized spacial score (nSPS) is 19.9. The van der Waals surface area contributed by atoms with Crippen LogP contribution in [0.4, 0.5) is 0 Å². The van der Waals surface area contributed by atoms with Gasteiger partial charge >= 0.3 is 5.97 Å². The largest absolute Gasteiger partial charge is 0.496 e. The molecule has 1 aliphatic rings. The summed E-state index contributed by atoms with van der Waals surface area (Å²) in [5.41, 5.74) is 1.90. The Hall–Kier alpha value is -1.85. The van der Waals surface area contributed by atoms with E-state index in [0.717, 1.165) is 16.9 Å². The number of methoxy groups -OCH3 is 1. The van der Waals surface area contributed by atoms with Gasteiger partial charge in [0.2, 0.25) is 0 Å².